The molecule has 136 valence electrons. The molecule has 1 N–H and O–H groups in total. The van der Waals surface area contributed by atoms with E-state index in [1.165, 1.54) is 11.6 Å². The van der Waals surface area contributed by atoms with Gasteiger partial charge in [-0.3, -0.25) is 15.0 Å². The molecule has 0 bridgehead atoms. The number of fused-ring (bicyclic) bond motifs is 1. The summed E-state index contributed by atoms with van der Waals surface area (Å²) in [5.41, 5.74) is 4.45. The predicted molar refractivity (Wildman–Crippen MR) is 103 cm³/mol. The zero-order valence-electron chi connectivity index (χ0n) is 15.1. The monoisotopic (exact) mass is 361 g/mol. The number of para-hydroxylation sites is 1. The Morgan fingerprint density at radius 3 is 2.59 bits per heavy atom. The second-order valence-corrected chi connectivity index (χ2v) is 6.47. The van der Waals surface area contributed by atoms with E-state index in [0.29, 0.717) is 29.0 Å². The number of aryl methyl sites for hydroxylation is 1. The van der Waals surface area contributed by atoms with Crippen molar-refractivity contribution in [1.82, 2.24) is 20.1 Å². The van der Waals surface area contributed by atoms with Crippen molar-refractivity contribution in [3.05, 3.63) is 76.3 Å². The molecule has 3 aromatic rings. The third-order valence-corrected chi connectivity index (χ3v) is 4.61. The minimum Gasteiger partial charge on any atom is -0.281 e. The average Bonchev–Trinajstić information content (AvgIpc) is 3.10. The molecule has 7 heteroatoms. The van der Waals surface area contributed by atoms with Crippen LogP contribution < -0.4 is 11.0 Å². The summed E-state index contributed by atoms with van der Waals surface area (Å²) < 4.78 is 1.29. The van der Waals surface area contributed by atoms with E-state index in [1.807, 2.05) is 36.4 Å². The van der Waals surface area contributed by atoms with Crippen molar-refractivity contribution in [2.24, 2.45) is 5.10 Å². The van der Waals surface area contributed by atoms with E-state index in [2.05, 4.69) is 15.5 Å². The lowest BCUT2D eigenvalue weighted by Crippen LogP contribution is -2.39. The molecule has 2 aromatic carbocycles. The summed E-state index contributed by atoms with van der Waals surface area (Å²) in [6.45, 7) is 3.24. The largest absolute Gasteiger partial charge is 0.282 e. The van der Waals surface area contributed by atoms with Gasteiger partial charge in [0.2, 0.25) is 5.91 Å². The number of amidine groups is 1. The van der Waals surface area contributed by atoms with Gasteiger partial charge in [-0.2, -0.15) is 4.68 Å². The minimum atomic E-state index is -0.232. The van der Waals surface area contributed by atoms with Crippen LogP contribution in [0.25, 0.3) is 10.9 Å². The number of hydrogen-bond donors (Lipinski definition) is 1. The minimum absolute atomic E-state index is 0.116. The first-order valence-corrected chi connectivity index (χ1v) is 8.72. The lowest BCUT2D eigenvalue weighted by atomic mass is 10.0. The van der Waals surface area contributed by atoms with E-state index in [4.69, 9.17) is 0 Å². The summed E-state index contributed by atoms with van der Waals surface area (Å²) in [6.07, 6.45) is 0.488. The van der Waals surface area contributed by atoms with Crippen LogP contribution in [0.1, 0.15) is 30.8 Å². The van der Waals surface area contributed by atoms with Crippen molar-refractivity contribution in [3.8, 4) is 0 Å². The number of nitrogens with zero attached hydrogens (tertiary/aromatic N) is 4. The molecule has 1 aliphatic heterocycles. The highest BCUT2D eigenvalue weighted by Gasteiger charge is 2.32. The standard InChI is InChI=1S/C20H19N5O2/c1-13-21-17-11-7-6-10-16(17)20(27)24(13)22-19-12-18(25(23-19)14(2)26)15-8-4-3-5-9-15/h3-11,18H,12H2,1-2H3,(H,22,23). The van der Waals surface area contributed by atoms with Crippen molar-refractivity contribution in [2.75, 3.05) is 0 Å². The Labute approximate surface area is 155 Å². The Morgan fingerprint density at radius 1 is 1.15 bits per heavy atom. The van der Waals surface area contributed by atoms with Crippen LogP contribution in [0.4, 0.5) is 0 Å². The molecule has 0 saturated carbocycles. The molecule has 0 spiro atoms. The predicted octanol–water partition coefficient (Wildman–Crippen LogP) is 2.36. The van der Waals surface area contributed by atoms with Crippen LogP contribution in [0.2, 0.25) is 0 Å². The molecule has 1 atom stereocenters. The van der Waals surface area contributed by atoms with Gasteiger partial charge >= 0.3 is 0 Å². The van der Waals surface area contributed by atoms with Gasteiger partial charge in [-0.05, 0) is 24.6 Å². The first-order valence-electron chi connectivity index (χ1n) is 8.72. The van der Waals surface area contributed by atoms with E-state index in [9.17, 15) is 9.59 Å². The second-order valence-electron chi connectivity index (χ2n) is 6.47. The normalized spacial score (nSPS) is 18.1. The molecule has 1 amide bonds. The topological polar surface area (TPSA) is 79.6 Å². The molecular weight excluding hydrogens is 342 g/mol. The van der Waals surface area contributed by atoms with Gasteiger partial charge in [-0.25, -0.2) is 9.99 Å². The fraction of sp³-hybridized carbons (Fsp3) is 0.200. The van der Waals surface area contributed by atoms with E-state index < -0.39 is 0 Å². The first kappa shape index (κ1) is 17.0. The van der Waals surface area contributed by atoms with Gasteiger partial charge in [0.15, 0.2) is 0 Å². The Kier molecular flexibility index (Phi) is 4.19. The number of rotatable bonds is 2. The maximum Gasteiger partial charge on any atom is 0.282 e. The van der Waals surface area contributed by atoms with Crippen molar-refractivity contribution in [1.29, 1.82) is 0 Å². The molecule has 1 aromatic heterocycles. The van der Waals surface area contributed by atoms with E-state index >= 15 is 0 Å². The molecule has 1 unspecified atom stereocenters. The Morgan fingerprint density at radius 2 is 1.85 bits per heavy atom. The summed E-state index contributed by atoms with van der Waals surface area (Å²) >= 11 is 0. The number of hydrogen-bond acceptors (Lipinski definition) is 4. The quantitative estimate of drug-likeness (QED) is 0.760. The van der Waals surface area contributed by atoms with E-state index in [-0.39, 0.29) is 17.5 Å². The summed E-state index contributed by atoms with van der Waals surface area (Å²) in [7, 11) is 0. The van der Waals surface area contributed by atoms with Crippen molar-refractivity contribution in [3.63, 3.8) is 0 Å². The molecule has 1 fully saturated rings. The lowest BCUT2D eigenvalue weighted by molar-refractivity contribution is -0.132. The Bertz CT molecular complexity index is 1100. The van der Waals surface area contributed by atoms with Gasteiger partial charge in [0.1, 0.15) is 11.7 Å². The Hall–Kier alpha value is -3.48. The smallest absolute Gasteiger partial charge is 0.281 e. The lowest BCUT2D eigenvalue weighted by Gasteiger charge is -2.22. The van der Waals surface area contributed by atoms with Crippen molar-refractivity contribution < 1.29 is 4.79 Å². The third-order valence-electron chi connectivity index (χ3n) is 4.61. The number of carbonyl (C=O) groups excluding carboxylic acids is 1. The fourth-order valence-corrected chi connectivity index (χ4v) is 3.31. The molecule has 1 aliphatic rings. The van der Waals surface area contributed by atoms with Crippen LogP contribution in [0, 0.1) is 6.92 Å². The van der Waals surface area contributed by atoms with Gasteiger partial charge in [-0.1, -0.05) is 42.5 Å². The van der Waals surface area contributed by atoms with Gasteiger partial charge in [0.05, 0.1) is 16.9 Å². The number of nitrogens with one attached hydrogen (secondary N) is 1. The summed E-state index contributed by atoms with van der Waals surface area (Å²) in [6, 6.07) is 16.8. The zero-order chi connectivity index (χ0) is 19.0. The molecule has 0 aliphatic carbocycles. The van der Waals surface area contributed by atoms with Gasteiger partial charge in [0, 0.05) is 13.3 Å². The summed E-state index contributed by atoms with van der Waals surface area (Å²) in [5, 5.41) is 6.52. The van der Waals surface area contributed by atoms with Crippen LogP contribution in [0.5, 0.6) is 0 Å². The van der Waals surface area contributed by atoms with Gasteiger partial charge < -0.3 is 0 Å². The third kappa shape index (κ3) is 3.08. The van der Waals surface area contributed by atoms with Crippen molar-refractivity contribution in [2.45, 2.75) is 26.3 Å². The SMILES string of the molecule is CC(=O)N1N/C(=N\n2c(C)nc3ccccc3c2=O)CC1c1ccccc1. The number of aromatic nitrogens is 2. The van der Waals surface area contributed by atoms with E-state index in [0.717, 1.165) is 5.56 Å². The first-order chi connectivity index (χ1) is 13.0. The molecule has 0 radical (unpaired) electrons. The molecule has 4 rings (SSSR count). The number of amides is 1. The van der Waals surface area contributed by atoms with Crippen LogP contribution >= 0.6 is 0 Å². The highest BCUT2D eigenvalue weighted by molar-refractivity contribution is 5.89. The van der Waals surface area contributed by atoms with Crippen LogP contribution in [0.3, 0.4) is 0 Å². The van der Waals surface area contributed by atoms with Crippen LogP contribution in [-0.2, 0) is 4.79 Å². The summed E-state index contributed by atoms with van der Waals surface area (Å²) in [5.74, 6) is 0.918. The zero-order valence-corrected chi connectivity index (χ0v) is 15.1. The Balaban J connectivity index is 1.76. The molecule has 2 heterocycles. The number of hydrazine groups is 1. The molecule has 1 saturated heterocycles. The van der Waals surface area contributed by atoms with Crippen LogP contribution in [-0.4, -0.2) is 26.4 Å². The maximum absolute atomic E-state index is 12.8. The van der Waals surface area contributed by atoms with Gasteiger partial charge in [0.25, 0.3) is 5.56 Å². The van der Waals surface area contributed by atoms with Gasteiger partial charge in [-0.15, -0.1) is 5.10 Å². The van der Waals surface area contributed by atoms with Crippen molar-refractivity contribution >= 4 is 22.6 Å². The average molecular weight is 361 g/mol. The van der Waals surface area contributed by atoms with E-state index in [1.54, 1.807) is 30.1 Å². The highest BCUT2D eigenvalue weighted by atomic mass is 16.2. The number of carbonyl (C=O) groups is 1. The summed E-state index contributed by atoms with van der Waals surface area (Å²) in [4.78, 5) is 29.3. The molecular formula is C20H19N5O2. The molecule has 27 heavy (non-hydrogen) atoms. The van der Waals surface area contributed by atoms with Crippen LogP contribution in [0.15, 0.2) is 64.5 Å². The number of benzene rings is 2. The fourth-order valence-electron chi connectivity index (χ4n) is 3.31. The second kappa shape index (κ2) is 6.68. The highest BCUT2D eigenvalue weighted by Crippen LogP contribution is 2.28. The maximum atomic E-state index is 12.8. The molecule has 7 nitrogen and oxygen atoms in total.